The van der Waals surface area contributed by atoms with E-state index in [1.165, 1.54) is 12.5 Å². The van der Waals surface area contributed by atoms with Gasteiger partial charge in [-0.3, -0.25) is 19.5 Å². The third-order valence-corrected chi connectivity index (χ3v) is 6.91. The molecule has 3 aliphatic heterocycles. The van der Waals surface area contributed by atoms with Crippen LogP contribution in [0.2, 0.25) is 0 Å². The highest BCUT2D eigenvalue weighted by Gasteiger charge is 2.45. The van der Waals surface area contributed by atoms with Crippen molar-refractivity contribution in [2.45, 2.75) is 63.5 Å². The molecule has 0 saturated carbocycles. The van der Waals surface area contributed by atoms with E-state index in [0.29, 0.717) is 44.7 Å². The second-order valence-corrected chi connectivity index (χ2v) is 9.39. The Morgan fingerprint density at radius 2 is 1.82 bits per heavy atom. The summed E-state index contributed by atoms with van der Waals surface area (Å²) in [4.78, 5) is 34.9. The lowest BCUT2D eigenvalue weighted by Gasteiger charge is -2.49. The van der Waals surface area contributed by atoms with Crippen LogP contribution >= 0.6 is 12.4 Å². The molecule has 11 heteroatoms. The van der Waals surface area contributed by atoms with E-state index in [1.807, 2.05) is 4.90 Å². The molecular weight excluding hydrogens is 473 g/mol. The van der Waals surface area contributed by atoms with Crippen molar-refractivity contribution in [3.63, 3.8) is 0 Å². The fourth-order valence-corrected chi connectivity index (χ4v) is 4.99. The monoisotopic (exact) mass is 504 g/mol. The van der Waals surface area contributed by atoms with Crippen molar-refractivity contribution in [2.24, 2.45) is 0 Å². The Hall–Kier alpha value is -1.91. The average molecular weight is 505 g/mol. The van der Waals surface area contributed by atoms with E-state index in [4.69, 9.17) is 4.74 Å². The Balaban J connectivity index is 0.00000324. The van der Waals surface area contributed by atoms with E-state index < -0.39 is 23.4 Å². The zero-order valence-electron chi connectivity index (χ0n) is 19.4. The second kappa shape index (κ2) is 10.8. The molecule has 3 aliphatic rings. The predicted molar refractivity (Wildman–Crippen MR) is 121 cm³/mol. The first-order chi connectivity index (χ1) is 15.7. The Morgan fingerprint density at radius 3 is 2.41 bits per heavy atom. The first kappa shape index (κ1) is 26.7. The lowest BCUT2D eigenvalue weighted by molar-refractivity contribution is -0.191. The lowest BCUT2D eigenvalue weighted by atomic mass is 9.88. The number of ether oxygens (including phenoxy) is 1. The summed E-state index contributed by atoms with van der Waals surface area (Å²) in [5.74, 6) is -0.0150. The van der Waals surface area contributed by atoms with Crippen LogP contribution in [0.1, 0.15) is 50.3 Å². The lowest BCUT2D eigenvalue weighted by Crippen LogP contribution is -2.61. The van der Waals surface area contributed by atoms with Gasteiger partial charge in [-0.15, -0.1) is 12.4 Å². The molecule has 0 bridgehead atoms. The van der Waals surface area contributed by atoms with E-state index in [-0.39, 0.29) is 30.8 Å². The minimum atomic E-state index is -4.44. The van der Waals surface area contributed by atoms with Crippen molar-refractivity contribution < 1.29 is 27.5 Å². The molecule has 1 atom stereocenters. The normalized spacial score (nSPS) is 23.6. The molecule has 190 valence electrons. The summed E-state index contributed by atoms with van der Waals surface area (Å²) in [6, 6.07) is 2.31. The summed E-state index contributed by atoms with van der Waals surface area (Å²) in [7, 11) is 0. The first-order valence-corrected chi connectivity index (χ1v) is 11.6. The highest BCUT2D eigenvalue weighted by molar-refractivity contribution is 5.85. The quantitative estimate of drug-likeness (QED) is 0.630. The van der Waals surface area contributed by atoms with Crippen LogP contribution in [0.3, 0.4) is 0 Å². The van der Waals surface area contributed by atoms with Crippen LogP contribution in [0.25, 0.3) is 0 Å². The molecule has 4 heterocycles. The van der Waals surface area contributed by atoms with Gasteiger partial charge < -0.3 is 14.5 Å². The molecule has 3 saturated heterocycles. The van der Waals surface area contributed by atoms with Gasteiger partial charge in [-0.25, -0.2) is 0 Å². The number of halogens is 4. The second-order valence-electron chi connectivity index (χ2n) is 9.39. The standard InChI is InChI=1S/C23H31F3N4O3.ClH/c1-17-21(32)30(14-19-6-5-18(13-27-19)23(24,25)26)16-22(33-17)7-11-28(12-8-22)15-20(31)29-9-3-2-4-10-29;/h5-6,13,17H,2-4,7-12,14-16H2,1H3;1H. The van der Waals surface area contributed by atoms with Crippen molar-refractivity contribution >= 4 is 24.2 Å². The topological polar surface area (TPSA) is 66.0 Å². The maximum atomic E-state index is 12.8. The van der Waals surface area contributed by atoms with E-state index >= 15 is 0 Å². The summed E-state index contributed by atoms with van der Waals surface area (Å²) in [6.07, 6.45) is 0.428. The predicted octanol–water partition coefficient (Wildman–Crippen LogP) is 3.12. The number of carbonyl (C=O) groups is 2. The smallest absolute Gasteiger partial charge is 0.360 e. The molecular formula is C23H32ClF3N4O3. The molecule has 1 aromatic heterocycles. The number of hydrogen-bond acceptors (Lipinski definition) is 5. The number of aromatic nitrogens is 1. The Labute approximate surface area is 204 Å². The van der Waals surface area contributed by atoms with Crippen LogP contribution in [0.5, 0.6) is 0 Å². The molecule has 0 radical (unpaired) electrons. The van der Waals surface area contributed by atoms with Crippen molar-refractivity contribution in [1.29, 1.82) is 0 Å². The molecule has 3 fully saturated rings. The van der Waals surface area contributed by atoms with Gasteiger partial charge in [0, 0.05) is 32.4 Å². The van der Waals surface area contributed by atoms with E-state index in [2.05, 4.69) is 9.88 Å². The van der Waals surface area contributed by atoms with Crippen LogP contribution in [0, 0.1) is 0 Å². The summed E-state index contributed by atoms with van der Waals surface area (Å²) < 4.78 is 44.5. The van der Waals surface area contributed by atoms with Gasteiger partial charge in [-0.1, -0.05) is 0 Å². The zero-order chi connectivity index (χ0) is 23.6. The molecule has 7 nitrogen and oxygen atoms in total. The van der Waals surface area contributed by atoms with Crippen molar-refractivity contribution in [2.75, 3.05) is 39.3 Å². The first-order valence-electron chi connectivity index (χ1n) is 11.6. The molecule has 0 aliphatic carbocycles. The molecule has 2 amide bonds. The number of hydrogen-bond donors (Lipinski definition) is 0. The number of rotatable bonds is 4. The van der Waals surface area contributed by atoms with E-state index in [9.17, 15) is 22.8 Å². The van der Waals surface area contributed by atoms with Gasteiger partial charge in [0.2, 0.25) is 5.91 Å². The third kappa shape index (κ3) is 6.20. The van der Waals surface area contributed by atoms with Gasteiger partial charge in [0.05, 0.1) is 36.5 Å². The van der Waals surface area contributed by atoms with Gasteiger partial charge in [-0.05, 0) is 51.2 Å². The number of morpholine rings is 1. The molecule has 1 unspecified atom stereocenters. The largest absolute Gasteiger partial charge is 0.417 e. The summed E-state index contributed by atoms with van der Waals surface area (Å²) in [6.45, 7) is 5.71. The number of amides is 2. The SMILES string of the molecule is CC1OC2(CCN(CC(=O)N3CCCCC3)CC2)CN(Cc2ccc(C(F)(F)F)cn2)C1=O.Cl. The van der Waals surface area contributed by atoms with E-state index in [1.54, 1.807) is 11.8 Å². The maximum Gasteiger partial charge on any atom is 0.417 e. The summed E-state index contributed by atoms with van der Waals surface area (Å²) >= 11 is 0. The fourth-order valence-electron chi connectivity index (χ4n) is 4.99. The number of nitrogens with zero attached hydrogens (tertiary/aromatic N) is 4. The molecule has 4 rings (SSSR count). The third-order valence-electron chi connectivity index (χ3n) is 6.91. The summed E-state index contributed by atoms with van der Waals surface area (Å²) in [5.41, 5.74) is -0.912. The van der Waals surface area contributed by atoms with E-state index in [0.717, 1.165) is 38.2 Å². The van der Waals surface area contributed by atoms with Crippen LogP contribution in [0.4, 0.5) is 13.2 Å². The molecule has 34 heavy (non-hydrogen) atoms. The molecule has 0 N–H and O–H groups in total. The van der Waals surface area contributed by atoms with Gasteiger partial charge >= 0.3 is 6.18 Å². The van der Waals surface area contributed by atoms with Crippen molar-refractivity contribution in [3.05, 3.63) is 29.6 Å². The number of alkyl halides is 3. The number of carbonyl (C=O) groups excluding carboxylic acids is 2. The summed E-state index contributed by atoms with van der Waals surface area (Å²) in [5, 5.41) is 0. The van der Waals surface area contributed by atoms with Gasteiger partial charge in [0.25, 0.3) is 5.91 Å². The zero-order valence-corrected chi connectivity index (χ0v) is 20.2. The maximum absolute atomic E-state index is 12.8. The molecule has 1 aromatic rings. The Bertz CT molecular complexity index is 854. The van der Waals surface area contributed by atoms with Gasteiger partial charge in [-0.2, -0.15) is 13.2 Å². The number of piperidine rings is 2. The van der Waals surface area contributed by atoms with Crippen molar-refractivity contribution in [3.8, 4) is 0 Å². The number of pyridine rings is 1. The van der Waals surface area contributed by atoms with Crippen LogP contribution in [-0.4, -0.2) is 82.5 Å². The van der Waals surface area contributed by atoms with Crippen LogP contribution < -0.4 is 0 Å². The Morgan fingerprint density at radius 1 is 1.15 bits per heavy atom. The minimum absolute atomic E-state index is 0. The highest BCUT2D eigenvalue weighted by atomic mass is 35.5. The van der Waals surface area contributed by atoms with Gasteiger partial charge in [0.1, 0.15) is 6.10 Å². The fraction of sp³-hybridized carbons (Fsp3) is 0.696. The van der Waals surface area contributed by atoms with Crippen LogP contribution in [-0.2, 0) is 27.0 Å². The van der Waals surface area contributed by atoms with Crippen LogP contribution in [0.15, 0.2) is 18.3 Å². The average Bonchev–Trinajstić information content (AvgIpc) is 2.79. The van der Waals surface area contributed by atoms with Crippen molar-refractivity contribution in [1.82, 2.24) is 19.7 Å². The Kier molecular flexibility index (Phi) is 8.47. The minimum Gasteiger partial charge on any atom is -0.360 e. The molecule has 1 spiro atoms. The number of likely N-dealkylation sites (tertiary alicyclic amines) is 2. The van der Waals surface area contributed by atoms with Gasteiger partial charge in [0.15, 0.2) is 0 Å². The molecule has 0 aromatic carbocycles. The highest BCUT2D eigenvalue weighted by Crippen LogP contribution is 2.34.